The minimum Gasteiger partial charge on any atom is -0.512 e. The second-order valence-electron chi connectivity index (χ2n) is 5.39. The summed E-state index contributed by atoms with van der Waals surface area (Å²) in [7, 11) is 0. The maximum absolute atomic E-state index is 9.93. The van der Waals surface area contributed by atoms with Crippen molar-refractivity contribution in [1.82, 2.24) is 0 Å². The molecule has 0 heterocycles. The molecule has 4 heteroatoms. The maximum Gasteiger partial charge on any atom is 0.116 e. The fourth-order valence-corrected chi connectivity index (χ4v) is 2.49. The van der Waals surface area contributed by atoms with Crippen LogP contribution in [0, 0.1) is 5.41 Å². The van der Waals surface area contributed by atoms with E-state index in [2.05, 4.69) is 0 Å². The molecule has 0 radical (unpaired) electrons. The molecule has 0 saturated heterocycles. The number of aliphatic hydroxyl groups is 1. The summed E-state index contributed by atoms with van der Waals surface area (Å²) in [6.45, 7) is 3.15. The summed E-state index contributed by atoms with van der Waals surface area (Å²) in [6.07, 6.45) is 0.635. The van der Waals surface area contributed by atoms with E-state index in [4.69, 9.17) is 11.1 Å². The summed E-state index contributed by atoms with van der Waals surface area (Å²) in [5, 5.41) is 27.5. The van der Waals surface area contributed by atoms with Crippen LogP contribution >= 0.6 is 0 Å². The molecule has 0 aliphatic rings. The average Bonchev–Trinajstić information content (AvgIpc) is 2.40. The Morgan fingerprint density at radius 1 is 1.05 bits per heavy atom. The fourth-order valence-electron chi connectivity index (χ4n) is 2.49. The highest BCUT2D eigenvalue weighted by Crippen LogP contribution is 2.26. The third kappa shape index (κ3) is 3.67. The summed E-state index contributed by atoms with van der Waals surface area (Å²) >= 11 is 0. The average molecular weight is 296 g/mol. The van der Waals surface area contributed by atoms with E-state index in [1.807, 2.05) is 30.3 Å². The Balaban J connectivity index is 2.40. The first kappa shape index (κ1) is 15.6. The molecule has 0 fully saturated rings. The molecule has 0 aliphatic heterocycles. The zero-order valence-electron chi connectivity index (χ0n) is 12.7. The zero-order chi connectivity index (χ0) is 16.3. The Bertz CT molecular complexity index is 727. The molecule has 4 nitrogen and oxygen atoms in total. The number of benzene rings is 2. The van der Waals surface area contributed by atoms with E-state index < -0.39 is 0 Å². The Kier molecular flexibility index (Phi) is 4.51. The minimum atomic E-state index is 0.0662. The minimum absolute atomic E-state index is 0.0662. The van der Waals surface area contributed by atoms with E-state index >= 15 is 0 Å². The molecular formula is C18H20N2O2. The second-order valence-corrected chi connectivity index (χ2v) is 5.39. The van der Waals surface area contributed by atoms with Crippen LogP contribution in [0.1, 0.15) is 30.5 Å². The molecule has 5 N–H and O–H groups in total. The van der Waals surface area contributed by atoms with E-state index in [0.29, 0.717) is 23.2 Å². The quantitative estimate of drug-likeness (QED) is 0.392. The molecule has 0 spiro atoms. The first-order chi connectivity index (χ1) is 10.4. The number of hydrogen-bond donors (Lipinski definition) is 4. The van der Waals surface area contributed by atoms with Gasteiger partial charge in [-0.25, -0.2) is 0 Å². The largest absolute Gasteiger partial charge is 0.512 e. The third-order valence-corrected chi connectivity index (χ3v) is 3.39. The zero-order valence-corrected chi connectivity index (χ0v) is 12.7. The van der Waals surface area contributed by atoms with E-state index in [1.54, 1.807) is 19.1 Å². The number of anilines is 1. The third-order valence-electron chi connectivity index (χ3n) is 3.39. The summed E-state index contributed by atoms with van der Waals surface area (Å²) in [4.78, 5) is 0. The lowest BCUT2D eigenvalue weighted by Crippen LogP contribution is -2.00. The van der Waals surface area contributed by atoms with Crippen LogP contribution in [0.3, 0.4) is 0 Å². The molecule has 0 unspecified atom stereocenters. The molecule has 0 bridgehead atoms. The van der Waals surface area contributed by atoms with Gasteiger partial charge in [-0.2, -0.15) is 0 Å². The lowest BCUT2D eigenvalue weighted by molar-refractivity contribution is 0.418. The van der Waals surface area contributed by atoms with Gasteiger partial charge in [0.25, 0.3) is 0 Å². The van der Waals surface area contributed by atoms with Crippen LogP contribution in [0.2, 0.25) is 0 Å². The first-order valence-corrected chi connectivity index (χ1v) is 7.00. The van der Waals surface area contributed by atoms with E-state index in [9.17, 15) is 10.2 Å². The van der Waals surface area contributed by atoms with Crippen molar-refractivity contribution in [2.75, 3.05) is 5.73 Å². The number of rotatable bonds is 4. The highest BCUT2D eigenvalue weighted by molar-refractivity contribution is 6.21. The van der Waals surface area contributed by atoms with Gasteiger partial charge in [-0.15, -0.1) is 0 Å². The number of nitrogens with two attached hydrogens (primary N) is 1. The van der Waals surface area contributed by atoms with Crippen molar-refractivity contribution in [2.24, 2.45) is 0 Å². The van der Waals surface area contributed by atoms with Crippen LogP contribution < -0.4 is 5.73 Å². The van der Waals surface area contributed by atoms with Crippen molar-refractivity contribution >= 4 is 17.0 Å². The van der Waals surface area contributed by atoms with Gasteiger partial charge >= 0.3 is 0 Å². The van der Waals surface area contributed by atoms with Gasteiger partial charge in [-0.05, 0) is 61.2 Å². The highest BCUT2D eigenvalue weighted by atomic mass is 16.3. The SMILES string of the molecule is CC(=N)/C(=C(/C)O)c1cc(O)cc(Cc2ccc(N)cc2)c1. The molecule has 0 saturated carbocycles. The normalized spacial score (nSPS) is 11.9. The molecule has 2 aromatic rings. The van der Waals surface area contributed by atoms with Crippen molar-refractivity contribution in [1.29, 1.82) is 5.41 Å². The lowest BCUT2D eigenvalue weighted by Gasteiger charge is -2.11. The smallest absolute Gasteiger partial charge is 0.116 e. The summed E-state index contributed by atoms with van der Waals surface area (Å²) in [5.41, 5.74) is 9.69. The second kappa shape index (κ2) is 6.35. The number of nitrogens with one attached hydrogen (secondary N) is 1. The van der Waals surface area contributed by atoms with Crippen LogP contribution in [-0.2, 0) is 6.42 Å². The molecule has 0 aliphatic carbocycles. The molecule has 0 amide bonds. The summed E-state index contributed by atoms with van der Waals surface area (Å²) in [6, 6.07) is 12.7. The monoisotopic (exact) mass is 296 g/mol. The molecule has 114 valence electrons. The summed E-state index contributed by atoms with van der Waals surface area (Å²) in [5.74, 6) is 0.180. The molecule has 2 rings (SSSR count). The van der Waals surface area contributed by atoms with Crippen molar-refractivity contribution < 1.29 is 10.2 Å². The molecule has 0 atom stereocenters. The summed E-state index contributed by atoms with van der Waals surface area (Å²) < 4.78 is 0. The van der Waals surface area contributed by atoms with Gasteiger partial charge < -0.3 is 21.4 Å². The predicted molar refractivity (Wildman–Crippen MR) is 90.4 cm³/mol. The fraction of sp³-hybridized carbons (Fsp3) is 0.167. The molecule has 2 aromatic carbocycles. The number of aromatic hydroxyl groups is 1. The van der Waals surface area contributed by atoms with Crippen molar-refractivity contribution in [3.8, 4) is 5.75 Å². The van der Waals surface area contributed by atoms with Crippen LogP contribution in [-0.4, -0.2) is 15.9 Å². The molecule has 22 heavy (non-hydrogen) atoms. The van der Waals surface area contributed by atoms with Crippen molar-refractivity contribution in [3.05, 3.63) is 64.9 Å². The van der Waals surface area contributed by atoms with E-state index in [-0.39, 0.29) is 17.2 Å². The van der Waals surface area contributed by atoms with Gasteiger partial charge in [0.15, 0.2) is 0 Å². The van der Waals surface area contributed by atoms with Gasteiger partial charge in [0.05, 0.1) is 5.76 Å². The van der Waals surface area contributed by atoms with E-state index in [1.165, 1.54) is 6.92 Å². The highest BCUT2D eigenvalue weighted by Gasteiger charge is 2.11. The van der Waals surface area contributed by atoms with Gasteiger partial charge in [0.2, 0.25) is 0 Å². The maximum atomic E-state index is 9.93. The number of aliphatic hydroxyl groups excluding tert-OH is 1. The topological polar surface area (TPSA) is 90.3 Å². The van der Waals surface area contributed by atoms with Crippen LogP contribution in [0.25, 0.3) is 5.57 Å². The number of hydrogen-bond acceptors (Lipinski definition) is 4. The van der Waals surface area contributed by atoms with Crippen molar-refractivity contribution in [3.63, 3.8) is 0 Å². The predicted octanol–water partition coefficient (Wildman–Crippen LogP) is 3.89. The Morgan fingerprint density at radius 3 is 2.23 bits per heavy atom. The van der Waals surface area contributed by atoms with Gasteiger partial charge in [-0.3, -0.25) is 0 Å². The van der Waals surface area contributed by atoms with Crippen LogP contribution in [0.15, 0.2) is 48.2 Å². The lowest BCUT2D eigenvalue weighted by atomic mass is 9.96. The standard InChI is InChI=1S/C18H20N2O2/c1-11(19)18(12(2)21)15-8-14(9-17(22)10-15)7-13-3-5-16(20)6-4-13/h3-6,8-10,19,21-22H,7,20H2,1-2H3/b18-12+,19-11?. The molecule has 0 aromatic heterocycles. The number of phenols is 1. The van der Waals surface area contributed by atoms with Crippen LogP contribution in [0.4, 0.5) is 5.69 Å². The Morgan fingerprint density at radius 2 is 1.68 bits per heavy atom. The van der Waals surface area contributed by atoms with Gasteiger partial charge in [-0.1, -0.05) is 18.2 Å². The van der Waals surface area contributed by atoms with Gasteiger partial charge in [0, 0.05) is 17.0 Å². The number of nitrogen functional groups attached to an aromatic ring is 1. The Labute approximate surface area is 130 Å². The number of phenolic OH excluding ortho intramolecular Hbond substituents is 1. The Hall–Kier alpha value is -2.75. The number of allylic oxidation sites excluding steroid dienone is 2. The molecular weight excluding hydrogens is 276 g/mol. The first-order valence-electron chi connectivity index (χ1n) is 7.00. The van der Waals surface area contributed by atoms with Gasteiger partial charge in [0.1, 0.15) is 5.75 Å². The van der Waals surface area contributed by atoms with Crippen molar-refractivity contribution in [2.45, 2.75) is 20.3 Å². The van der Waals surface area contributed by atoms with E-state index in [0.717, 1.165) is 11.1 Å². The van der Waals surface area contributed by atoms with Crippen LogP contribution in [0.5, 0.6) is 5.75 Å².